The maximum absolute atomic E-state index is 11.0. The van der Waals surface area contributed by atoms with Crippen LogP contribution < -0.4 is 4.74 Å². The SMILES string of the molecule is COCCC(COc1ccccc1Br)C(=O)O. The highest BCUT2D eigenvalue weighted by atomic mass is 79.9. The van der Waals surface area contributed by atoms with Gasteiger partial charge in [0, 0.05) is 13.7 Å². The zero-order valence-corrected chi connectivity index (χ0v) is 11.1. The number of rotatable bonds is 7. The van der Waals surface area contributed by atoms with Crippen LogP contribution in [0.2, 0.25) is 0 Å². The van der Waals surface area contributed by atoms with Crippen LogP contribution in [0.3, 0.4) is 0 Å². The molecule has 4 nitrogen and oxygen atoms in total. The van der Waals surface area contributed by atoms with Crippen LogP contribution in [0, 0.1) is 5.92 Å². The summed E-state index contributed by atoms with van der Waals surface area (Å²) < 4.78 is 11.2. The average molecular weight is 303 g/mol. The van der Waals surface area contributed by atoms with E-state index in [4.69, 9.17) is 14.6 Å². The van der Waals surface area contributed by atoms with Crippen molar-refractivity contribution in [3.05, 3.63) is 28.7 Å². The van der Waals surface area contributed by atoms with E-state index in [1.807, 2.05) is 18.2 Å². The van der Waals surface area contributed by atoms with E-state index in [-0.39, 0.29) is 6.61 Å². The van der Waals surface area contributed by atoms with E-state index in [2.05, 4.69) is 15.9 Å². The highest BCUT2D eigenvalue weighted by Gasteiger charge is 2.18. The molecule has 94 valence electrons. The molecule has 0 aliphatic heterocycles. The van der Waals surface area contributed by atoms with Crippen LogP contribution in [-0.4, -0.2) is 31.4 Å². The van der Waals surface area contributed by atoms with Crippen LogP contribution in [0.1, 0.15) is 6.42 Å². The first-order valence-electron chi connectivity index (χ1n) is 5.24. The normalized spacial score (nSPS) is 12.1. The molecule has 1 unspecified atom stereocenters. The number of benzene rings is 1. The Balaban J connectivity index is 2.52. The summed E-state index contributed by atoms with van der Waals surface area (Å²) in [5.41, 5.74) is 0. The van der Waals surface area contributed by atoms with Crippen LogP contribution in [0.5, 0.6) is 5.75 Å². The lowest BCUT2D eigenvalue weighted by Crippen LogP contribution is -2.23. The molecule has 0 saturated heterocycles. The smallest absolute Gasteiger partial charge is 0.310 e. The Morgan fingerprint density at radius 1 is 1.47 bits per heavy atom. The lowest BCUT2D eigenvalue weighted by Gasteiger charge is -2.14. The van der Waals surface area contributed by atoms with Gasteiger partial charge in [-0.2, -0.15) is 0 Å². The van der Waals surface area contributed by atoms with Crippen LogP contribution in [0.4, 0.5) is 0 Å². The maximum Gasteiger partial charge on any atom is 0.310 e. The summed E-state index contributed by atoms with van der Waals surface area (Å²) in [6.07, 6.45) is 0.441. The Morgan fingerprint density at radius 2 is 2.18 bits per heavy atom. The summed E-state index contributed by atoms with van der Waals surface area (Å²) in [5.74, 6) is -0.771. The molecule has 17 heavy (non-hydrogen) atoms. The predicted octanol–water partition coefficient (Wildman–Crippen LogP) is 2.57. The molecule has 0 amide bonds. The van der Waals surface area contributed by atoms with E-state index in [9.17, 15) is 4.79 Å². The van der Waals surface area contributed by atoms with Gasteiger partial charge in [0.2, 0.25) is 0 Å². The molecule has 0 fully saturated rings. The van der Waals surface area contributed by atoms with Gasteiger partial charge in [-0.1, -0.05) is 12.1 Å². The summed E-state index contributed by atoms with van der Waals surface area (Å²) in [6.45, 7) is 0.553. The van der Waals surface area contributed by atoms with Crippen molar-refractivity contribution in [2.75, 3.05) is 20.3 Å². The number of halogens is 1. The Morgan fingerprint density at radius 3 is 2.76 bits per heavy atom. The first-order valence-corrected chi connectivity index (χ1v) is 6.03. The fourth-order valence-electron chi connectivity index (χ4n) is 1.29. The Bertz CT molecular complexity index is 367. The Kier molecular flexibility index (Phi) is 6.00. The number of ether oxygens (including phenoxy) is 2. The van der Waals surface area contributed by atoms with Crippen molar-refractivity contribution in [2.45, 2.75) is 6.42 Å². The van der Waals surface area contributed by atoms with Crippen molar-refractivity contribution >= 4 is 21.9 Å². The number of methoxy groups -OCH3 is 1. The Labute approximate surface area is 109 Å². The van der Waals surface area contributed by atoms with Crippen LogP contribution in [0.25, 0.3) is 0 Å². The molecule has 0 heterocycles. The molecule has 1 N–H and O–H groups in total. The third-order valence-corrected chi connectivity index (χ3v) is 2.95. The number of carbonyl (C=O) groups is 1. The van der Waals surface area contributed by atoms with Gasteiger partial charge < -0.3 is 14.6 Å². The second kappa shape index (κ2) is 7.29. The van der Waals surface area contributed by atoms with Gasteiger partial charge >= 0.3 is 5.97 Å². The predicted molar refractivity (Wildman–Crippen MR) is 67.3 cm³/mol. The van der Waals surface area contributed by atoms with Gasteiger partial charge in [-0.15, -0.1) is 0 Å². The summed E-state index contributed by atoms with van der Waals surface area (Å²) in [5, 5.41) is 9.00. The lowest BCUT2D eigenvalue weighted by molar-refractivity contribution is -0.143. The van der Waals surface area contributed by atoms with E-state index < -0.39 is 11.9 Å². The van der Waals surface area contributed by atoms with Crippen molar-refractivity contribution in [2.24, 2.45) is 5.92 Å². The number of hydrogen-bond acceptors (Lipinski definition) is 3. The first-order chi connectivity index (χ1) is 8.15. The second-order valence-corrected chi connectivity index (χ2v) is 4.41. The van der Waals surface area contributed by atoms with E-state index in [0.29, 0.717) is 18.8 Å². The summed E-state index contributed by atoms with van der Waals surface area (Å²) in [4.78, 5) is 11.0. The zero-order chi connectivity index (χ0) is 12.7. The molecule has 0 aliphatic rings. The topological polar surface area (TPSA) is 55.8 Å². The number of carboxylic acid groups (broad SMARTS) is 1. The van der Waals surface area contributed by atoms with E-state index in [0.717, 1.165) is 4.47 Å². The molecule has 5 heteroatoms. The molecule has 0 saturated carbocycles. The van der Waals surface area contributed by atoms with Crippen LogP contribution in [0.15, 0.2) is 28.7 Å². The summed E-state index contributed by atoms with van der Waals surface area (Å²) in [6, 6.07) is 7.35. The monoisotopic (exact) mass is 302 g/mol. The van der Waals surface area contributed by atoms with Gasteiger partial charge in [-0.3, -0.25) is 4.79 Å². The van der Waals surface area contributed by atoms with Crippen molar-refractivity contribution < 1.29 is 19.4 Å². The highest BCUT2D eigenvalue weighted by Crippen LogP contribution is 2.24. The third-order valence-electron chi connectivity index (χ3n) is 2.30. The minimum absolute atomic E-state index is 0.140. The van der Waals surface area contributed by atoms with Crippen molar-refractivity contribution in [3.63, 3.8) is 0 Å². The standard InChI is InChI=1S/C12H15BrO4/c1-16-7-6-9(12(14)15)8-17-11-5-3-2-4-10(11)13/h2-5,9H,6-8H2,1H3,(H,14,15). The molecule has 0 aliphatic carbocycles. The van der Waals surface area contributed by atoms with E-state index >= 15 is 0 Å². The zero-order valence-electron chi connectivity index (χ0n) is 9.56. The summed E-state index contributed by atoms with van der Waals surface area (Å²) >= 11 is 3.34. The largest absolute Gasteiger partial charge is 0.492 e. The van der Waals surface area contributed by atoms with Gasteiger partial charge in [0.1, 0.15) is 12.4 Å². The fraction of sp³-hybridized carbons (Fsp3) is 0.417. The van der Waals surface area contributed by atoms with Crippen molar-refractivity contribution in [3.8, 4) is 5.75 Å². The molecule has 1 atom stereocenters. The van der Waals surface area contributed by atoms with Crippen LogP contribution >= 0.6 is 15.9 Å². The molecule has 0 spiro atoms. The number of para-hydroxylation sites is 1. The molecule has 0 bridgehead atoms. The fourth-order valence-corrected chi connectivity index (χ4v) is 1.69. The molecular formula is C12H15BrO4. The number of hydrogen-bond donors (Lipinski definition) is 1. The van der Waals surface area contributed by atoms with Gasteiger partial charge in [-0.25, -0.2) is 0 Å². The lowest BCUT2D eigenvalue weighted by atomic mass is 10.1. The van der Waals surface area contributed by atoms with E-state index in [1.54, 1.807) is 13.2 Å². The van der Waals surface area contributed by atoms with Crippen molar-refractivity contribution in [1.29, 1.82) is 0 Å². The summed E-state index contributed by atoms with van der Waals surface area (Å²) in [7, 11) is 1.55. The Hall–Kier alpha value is -1.07. The minimum Gasteiger partial charge on any atom is -0.492 e. The van der Waals surface area contributed by atoms with E-state index in [1.165, 1.54) is 0 Å². The van der Waals surface area contributed by atoms with Gasteiger partial charge in [0.05, 0.1) is 10.4 Å². The van der Waals surface area contributed by atoms with Gasteiger partial charge in [-0.05, 0) is 34.5 Å². The quantitative estimate of drug-likeness (QED) is 0.841. The third kappa shape index (κ3) is 4.75. The molecule has 1 aromatic rings. The first kappa shape index (κ1) is 14.0. The van der Waals surface area contributed by atoms with Gasteiger partial charge in [0.25, 0.3) is 0 Å². The highest BCUT2D eigenvalue weighted by molar-refractivity contribution is 9.10. The molecular weight excluding hydrogens is 288 g/mol. The molecule has 1 rings (SSSR count). The average Bonchev–Trinajstić information content (AvgIpc) is 2.31. The second-order valence-electron chi connectivity index (χ2n) is 3.56. The minimum atomic E-state index is -0.867. The molecule has 0 aromatic heterocycles. The molecule has 1 aromatic carbocycles. The number of aliphatic carboxylic acids is 1. The van der Waals surface area contributed by atoms with Crippen LogP contribution in [-0.2, 0) is 9.53 Å². The maximum atomic E-state index is 11.0. The number of carboxylic acids is 1. The van der Waals surface area contributed by atoms with Gasteiger partial charge in [0.15, 0.2) is 0 Å². The van der Waals surface area contributed by atoms with Crippen molar-refractivity contribution in [1.82, 2.24) is 0 Å². The molecule has 0 radical (unpaired) electrons.